The summed E-state index contributed by atoms with van der Waals surface area (Å²) in [6, 6.07) is 16.5. The molecule has 2 fully saturated rings. The van der Waals surface area contributed by atoms with Crippen molar-refractivity contribution in [3.05, 3.63) is 83.4 Å². The van der Waals surface area contributed by atoms with Gasteiger partial charge in [0, 0.05) is 62.1 Å². The fraction of sp³-hybridized carbons (Fsp3) is 0.353. The maximum atomic E-state index is 13.6. The van der Waals surface area contributed by atoms with Crippen molar-refractivity contribution in [2.45, 2.75) is 38.3 Å². The van der Waals surface area contributed by atoms with Gasteiger partial charge in [-0.05, 0) is 79.9 Å². The number of pyridine rings is 1. The smallest absolute Gasteiger partial charge is 0.408 e. The molecule has 11 heteroatoms. The van der Waals surface area contributed by atoms with Crippen LogP contribution in [0.4, 0.5) is 16.3 Å². The van der Waals surface area contributed by atoms with E-state index < -0.39 is 12.1 Å². The minimum absolute atomic E-state index is 0.0928. The van der Waals surface area contributed by atoms with Crippen LogP contribution in [0.5, 0.6) is 0 Å². The van der Waals surface area contributed by atoms with Crippen LogP contribution in [-0.2, 0) is 23.0 Å². The minimum Gasteiger partial charge on any atom is -0.446 e. The Kier molecular flexibility index (Phi) is 9.04. The van der Waals surface area contributed by atoms with E-state index >= 15 is 0 Å². The van der Waals surface area contributed by atoms with Crippen molar-refractivity contribution >= 4 is 35.1 Å². The number of rotatable bonds is 9. The van der Waals surface area contributed by atoms with Crippen molar-refractivity contribution in [1.82, 2.24) is 24.8 Å². The first-order valence-corrected chi connectivity index (χ1v) is 15.7. The summed E-state index contributed by atoms with van der Waals surface area (Å²) in [7, 11) is 4.08. The number of carbonyl (C=O) groups is 2. The second-order valence-corrected chi connectivity index (χ2v) is 12.3. The van der Waals surface area contributed by atoms with Crippen molar-refractivity contribution in [2.75, 3.05) is 43.4 Å². The van der Waals surface area contributed by atoms with Crippen molar-refractivity contribution in [3.63, 3.8) is 0 Å². The molecule has 6 rings (SSSR count). The summed E-state index contributed by atoms with van der Waals surface area (Å²) in [6.07, 6.45) is 4.75. The summed E-state index contributed by atoms with van der Waals surface area (Å²) in [5.41, 5.74) is 6.23. The van der Waals surface area contributed by atoms with Crippen molar-refractivity contribution in [3.8, 4) is 22.4 Å². The van der Waals surface area contributed by atoms with E-state index in [1.54, 1.807) is 6.33 Å². The first-order chi connectivity index (χ1) is 21.7. The molecule has 2 aromatic carbocycles. The number of hydrogen-bond donors (Lipinski definition) is 2. The number of piperazine rings is 1. The molecule has 2 amide bonds. The Morgan fingerprint density at radius 2 is 1.67 bits per heavy atom. The Morgan fingerprint density at radius 3 is 2.36 bits per heavy atom. The van der Waals surface area contributed by atoms with Gasteiger partial charge in [0.15, 0.2) is 0 Å². The average molecular weight is 628 g/mol. The predicted molar refractivity (Wildman–Crippen MR) is 177 cm³/mol. The summed E-state index contributed by atoms with van der Waals surface area (Å²) >= 11 is 6.67. The number of carbonyl (C=O) groups excluding carboxylic acids is 2. The zero-order valence-electron chi connectivity index (χ0n) is 25.8. The van der Waals surface area contributed by atoms with E-state index in [1.165, 1.54) is 0 Å². The Morgan fingerprint density at radius 1 is 0.956 bits per heavy atom. The van der Waals surface area contributed by atoms with Crippen LogP contribution in [0.15, 0.2) is 67.1 Å². The summed E-state index contributed by atoms with van der Waals surface area (Å²) in [5.74, 6) is 0.568. The molecular formula is C34H38ClN7O3. The van der Waals surface area contributed by atoms with Crippen LogP contribution in [0.1, 0.15) is 24.1 Å². The highest BCUT2D eigenvalue weighted by atomic mass is 35.5. The maximum Gasteiger partial charge on any atom is 0.408 e. The molecule has 0 spiro atoms. The molecule has 0 radical (unpaired) electrons. The van der Waals surface area contributed by atoms with Crippen LogP contribution in [0.3, 0.4) is 0 Å². The Bertz CT molecular complexity index is 1660. The molecule has 4 aromatic rings. The van der Waals surface area contributed by atoms with Gasteiger partial charge in [0.05, 0.1) is 17.7 Å². The average Bonchev–Trinajstić information content (AvgIpc) is 3.79. The lowest BCUT2D eigenvalue weighted by atomic mass is 9.99. The Hall–Kier alpha value is -4.41. The Labute approximate surface area is 268 Å². The molecule has 3 heterocycles. The van der Waals surface area contributed by atoms with Gasteiger partial charge in [0.1, 0.15) is 18.0 Å². The molecule has 2 aromatic heterocycles. The molecule has 1 saturated heterocycles. The quantitative estimate of drug-likeness (QED) is 0.259. The normalized spacial score (nSPS) is 15.9. The first-order valence-electron chi connectivity index (χ1n) is 15.3. The largest absolute Gasteiger partial charge is 0.446 e. The second-order valence-electron chi connectivity index (χ2n) is 11.9. The van der Waals surface area contributed by atoms with Gasteiger partial charge in [-0.3, -0.25) is 4.79 Å². The summed E-state index contributed by atoms with van der Waals surface area (Å²) in [5, 5.41) is 6.25. The van der Waals surface area contributed by atoms with Crippen LogP contribution < -0.4 is 15.5 Å². The molecule has 2 N–H and O–H groups in total. The molecule has 10 nitrogen and oxygen atoms in total. The topological polar surface area (TPSA) is 105 Å². The van der Waals surface area contributed by atoms with E-state index in [4.69, 9.17) is 16.3 Å². The molecule has 1 aliphatic carbocycles. The summed E-state index contributed by atoms with van der Waals surface area (Å²) in [4.78, 5) is 39.9. The monoisotopic (exact) mass is 627 g/mol. The van der Waals surface area contributed by atoms with Crippen LogP contribution in [-0.4, -0.2) is 76.8 Å². The van der Waals surface area contributed by atoms with Gasteiger partial charge in [0.25, 0.3) is 0 Å². The zero-order valence-corrected chi connectivity index (χ0v) is 26.6. The highest BCUT2D eigenvalue weighted by Gasteiger charge is 2.29. The minimum atomic E-state index is -0.915. The number of likely N-dealkylation sites (N-methyl/N-ethyl adjacent to an activating group) is 1. The van der Waals surface area contributed by atoms with Gasteiger partial charge in [0.2, 0.25) is 5.91 Å². The fourth-order valence-electron chi connectivity index (χ4n) is 5.56. The number of hydrogen-bond acceptors (Lipinski definition) is 7. The number of ether oxygens (including phenoxy) is 1. The molecule has 2 aliphatic rings. The predicted octanol–water partition coefficient (Wildman–Crippen LogP) is 5.30. The standard InChI is InChI=1S/C34H38ClN7O3/c1-22-32(41(3)21-37-22)23-4-7-27(8-5-23)38-33(43)30(39-34(44)45-28-9-10-28)19-26-18-24(6-11-29(26)35)25-12-13-36-31(20-25)42-16-14-40(2)15-17-42/h4-8,11-13,18,20-21,28,30H,9-10,14-17,19H2,1-3H3,(H,38,43)(H,39,44)/t30-/m0/s1. The van der Waals surface area contributed by atoms with E-state index in [9.17, 15) is 9.59 Å². The zero-order chi connectivity index (χ0) is 31.5. The summed E-state index contributed by atoms with van der Waals surface area (Å²) < 4.78 is 7.39. The van der Waals surface area contributed by atoms with Gasteiger partial charge < -0.3 is 29.7 Å². The van der Waals surface area contributed by atoms with E-state index in [0.717, 1.165) is 78.5 Å². The number of benzene rings is 2. The number of alkyl carbamates (subject to hydrolysis) is 1. The third-order valence-electron chi connectivity index (χ3n) is 8.33. The SMILES string of the molecule is Cc1ncn(C)c1-c1ccc(NC(=O)[C@H](Cc2cc(-c3ccnc(N4CCN(C)CC4)c3)ccc2Cl)NC(=O)OC2CC2)cc1. The molecule has 1 aliphatic heterocycles. The molecular weight excluding hydrogens is 590 g/mol. The fourth-order valence-corrected chi connectivity index (χ4v) is 5.76. The molecule has 1 saturated carbocycles. The Balaban J connectivity index is 1.21. The third kappa shape index (κ3) is 7.46. The number of halogens is 1. The summed E-state index contributed by atoms with van der Waals surface area (Å²) in [6.45, 7) is 5.78. The van der Waals surface area contributed by atoms with Crippen LogP contribution >= 0.6 is 11.6 Å². The van der Waals surface area contributed by atoms with Crippen molar-refractivity contribution < 1.29 is 14.3 Å². The number of imidazole rings is 1. The van der Waals surface area contributed by atoms with Gasteiger partial charge in [-0.1, -0.05) is 29.8 Å². The number of amides is 2. The molecule has 0 unspecified atom stereocenters. The molecule has 45 heavy (non-hydrogen) atoms. The second kappa shape index (κ2) is 13.3. The highest BCUT2D eigenvalue weighted by Crippen LogP contribution is 2.29. The van der Waals surface area contributed by atoms with E-state index in [1.807, 2.05) is 73.3 Å². The van der Waals surface area contributed by atoms with Crippen molar-refractivity contribution in [1.29, 1.82) is 0 Å². The number of aryl methyl sites for hydroxylation is 2. The maximum absolute atomic E-state index is 13.6. The number of nitrogens with zero attached hydrogens (tertiary/aromatic N) is 5. The lowest BCUT2D eigenvalue weighted by Crippen LogP contribution is -2.45. The van der Waals surface area contributed by atoms with Crippen molar-refractivity contribution in [2.24, 2.45) is 7.05 Å². The van der Waals surface area contributed by atoms with Gasteiger partial charge in [-0.25, -0.2) is 14.8 Å². The lowest BCUT2D eigenvalue weighted by molar-refractivity contribution is -0.118. The number of nitrogens with one attached hydrogen (secondary N) is 2. The number of anilines is 2. The lowest BCUT2D eigenvalue weighted by Gasteiger charge is -2.33. The number of aromatic nitrogens is 3. The molecule has 1 atom stereocenters. The van der Waals surface area contributed by atoms with Crippen LogP contribution in [0.2, 0.25) is 5.02 Å². The van der Waals surface area contributed by atoms with Crippen LogP contribution in [0.25, 0.3) is 22.4 Å². The van der Waals surface area contributed by atoms with Gasteiger partial charge in [-0.15, -0.1) is 0 Å². The first kappa shape index (κ1) is 30.6. The molecule has 234 valence electrons. The third-order valence-corrected chi connectivity index (χ3v) is 8.70. The van der Waals surface area contributed by atoms with Crippen LogP contribution in [0, 0.1) is 6.92 Å². The van der Waals surface area contributed by atoms with E-state index in [2.05, 4.69) is 43.5 Å². The van der Waals surface area contributed by atoms with E-state index in [0.29, 0.717) is 10.7 Å². The van der Waals surface area contributed by atoms with Gasteiger partial charge in [-0.2, -0.15) is 0 Å². The van der Waals surface area contributed by atoms with E-state index in [-0.39, 0.29) is 18.4 Å². The van der Waals surface area contributed by atoms with Gasteiger partial charge >= 0.3 is 6.09 Å². The highest BCUT2D eigenvalue weighted by molar-refractivity contribution is 6.31. The molecule has 0 bridgehead atoms.